The maximum absolute atomic E-state index is 5.66. The third kappa shape index (κ3) is 2.41. The molecule has 1 fully saturated rings. The Labute approximate surface area is 143 Å². The first-order chi connectivity index (χ1) is 11.7. The van der Waals surface area contributed by atoms with E-state index < -0.39 is 0 Å². The lowest BCUT2D eigenvalue weighted by atomic mass is 9.84. The number of nitrogens with zero attached hydrogens (tertiary/aromatic N) is 2. The quantitative estimate of drug-likeness (QED) is 0.828. The van der Waals surface area contributed by atoms with Crippen molar-refractivity contribution in [2.45, 2.75) is 50.6 Å². The molecule has 2 aliphatic rings. The number of hydrogen-bond donors (Lipinski definition) is 1. The maximum Gasteiger partial charge on any atom is 0.136 e. The fourth-order valence-corrected chi connectivity index (χ4v) is 4.32. The van der Waals surface area contributed by atoms with E-state index in [1.165, 1.54) is 31.2 Å². The monoisotopic (exact) mass is 323 g/mol. The molecule has 0 amide bonds. The van der Waals surface area contributed by atoms with Gasteiger partial charge in [-0.15, -0.1) is 0 Å². The molecule has 4 nitrogen and oxygen atoms in total. The molecule has 1 atom stereocenters. The van der Waals surface area contributed by atoms with Gasteiger partial charge in [-0.3, -0.25) is 0 Å². The molecule has 1 unspecified atom stereocenters. The fraction of sp³-hybridized carbons (Fsp3) is 0.450. The highest BCUT2D eigenvalue weighted by Crippen LogP contribution is 2.49. The van der Waals surface area contributed by atoms with E-state index in [0.717, 1.165) is 17.8 Å². The average Bonchev–Trinajstić information content (AvgIpc) is 3.24. The number of fused-ring (bicyclic) bond motifs is 2. The van der Waals surface area contributed by atoms with Gasteiger partial charge in [-0.1, -0.05) is 49.8 Å². The number of nitrogens with one attached hydrogen (secondary N) is 1. The largest absolute Gasteiger partial charge is 0.494 e. The maximum atomic E-state index is 5.66. The smallest absolute Gasteiger partial charge is 0.136 e. The Hall–Kier alpha value is -2.23. The van der Waals surface area contributed by atoms with E-state index in [0.29, 0.717) is 18.4 Å². The first-order valence-electron chi connectivity index (χ1n) is 8.95. The molecule has 0 radical (unpaired) electrons. The summed E-state index contributed by atoms with van der Waals surface area (Å²) in [6.07, 6.45) is 7.96. The lowest BCUT2D eigenvalue weighted by Crippen LogP contribution is -2.40. The van der Waals surface area contributed by atoms with Crippen LogP contribution < -0.4 is 5.32 Å². The summed E-state index contributed by atoms with van der Waals surface area (Å²) in [5, 5.41) is 8.45. The molecule has 2 aromatic rings. The van der Waals surface area contributed by atoms with Crippen molar-refractivity contribution in [3.8, 4) is 0 Å². The molecular weight excluding hydrogens is 298 g/mol. The average molecular weight is 323 g/mol. The topological polar surface area (TPSA) is 39.1 Å². The number of anilines is 1. The summed E-state index contributed by atoms with van der Waals surface area (Å²) in [5.74, 6) is 1.77. The molecule has 1 aliphatic carbocycles. The molecule has 1 spiro atoms. The zero-order valence-electron chi connectivity index (χ0n) is 14.3. The van der Waals surface area contributed by atoms with Gasteiger partial charge in [0.05, 0.1) is 29.9 Å². The molecule has 4 rings (SSSR count). The zero-order chi connectivity index (χ0) is 16.6. The third-order valence-electron chi connectivity index (χ3n) is 5.47. The number of rotatable bonds is 4. The molecular formula is C20H25N3O. The van der Waals surface area contributed by atoms with Crippen molar-refractivity contribution < 1.29 is 4.74 Å². The van der Waals surface area contributed by atoms with Crippen LogP contribution in [0.5, 0.6) is 0 Å². The molecule has 1 aliphatic heterocycles. The molecule has 1 saturated carbocycles. The van der Waals surface area contributed by atoms with Crippen LogP contribution in [0, 0.1) is 0 Å². The molecule has 4 heteroatoms. The minimum atomic E-state index is 0.131. The predicted octanol–water partition coefficient (Wildman–Crippen LogP) is 4.72. The second-order valence-corrected chi connectivity index (χ2v) is 6.92. The van der Waals surface area contributed by atoms with E-state index in [-0.39, 0.29) is 5.54 Å². The number of ether oxygens (including phenoxy) is 1. The predicted molar refractivity (Wildman–Crippen MR) is 96.8 cm³/mol. The lowest BCUT2D eigenvalue weighted by Gasteiger charge is -2.41. The normalized spacial score (nSPS) is 21.3. The van der Waals surface area contributed by atoms with Crippen molar-refractivity contribution in [2.24, 2.45) is 0 Å². The molecule has 0 bridgehead atoms. The lowest BCUT2D eigenvalue weighted by molar-refractivity contribution is 0.216. The van der Waals surface area contributed by atoms with E-state index in [2.05, 4.69) is 46.9 Å². The van der Waals surface area contributed by atoms with Crippen LogP contribution in [0.2, 0.25) is 0 Å². The van der Waals surface area contributed by atoms with Gasteiger partial charge < -0.3 is 10.1 Å². The number of hydrogen-bond acceptors (Lipinski definition) is 3. The standard InChI is InChI=1S/C20H25N3O/c1-3-24-15(2)17-14-21-23-19(17)22-18(16-9-5-4-6-10-16)13-20(23)11-7-8-12-20/h4-6,9-10,14,18,22H,2-3,7-8,11-13H2,1H3. The van der Waals surface area contributed by atoms with Gasteiger partial charge in [-0.2, -0.15) is 5.10 Å². The van der Waals surface area contributed by atoms with Crippen LogP contribution in [0.4, 0.5) is 5.82 Å². The first-order valence-corrected chi connectivity index (χ1v) is 8.95. The second kappa shape index (κ2) is 6.00. The minimum absolute atomic E-state index is 0.131. The van der Waals surface area contributed by atoms with Crippen LogP contribution in [0.15, 0.2) is 43.1 Å². The van der Waals surface area contributed by atoms with Gasteiger partial charge in [-0.05, 0) is 31.7 Å². The molecule has 0 saturated heterocycles. The summed E-state index contributed by atoms with van der Waals surface area (Å²) >= 11 is 0. The molecule has 1 aromatic heterocycles. The molecule has 24 heavy (non-hydrogen) atoms. The highest BCUT2D eigenvalue weighted by molar-refractivity contribution is 5.69. The van der Waals surface area contributed by atoms with Crippen molar-refractivity contribution in [1.82, 2.24) is 9.78 Å². The van der Waals surface area contributed by atoms with Crippen LogP contribution in [0.3, 0.4) is 0 Å². The summed E-state index contributed by atoms with van der Waals surface area (Å²) in [4.78, 5) is 0. The zero-order valence-corrected chi connectivity index (χ0v) is 14.3. The van der Waals surface area contributed by atoms with Crippen molar-refractivity contribution in [3.63, 3.8) is 0 Å². The summed E-state index contributed by atoms with van der Waals surface area (Å²) in [6.45, 7) is 6.70. The summed E-state index contributed by atoms with van der Waals surface area (Å²) < 4.78 is 7.88. The van der Waals surface area contributed by atoms with E-state index in [9.17, 15) is 0 Å². The van der Waals surface area contributed by atoms with Crippen molar-refractivity contribution >= 4 is 11.6 Å². The SMILES string of the molecule is C=C(OCC)c1cnn2c1NC(c1ccccc1)CC21CCCC1. The highest BCUT2D eigenvalue weighted by atomic mass is 16.5. The Bertz CT molecular complexity index is 729. The van der Waals surface area contributed by atoms with Crippen LogP contribution in [0.25, 0.3) is 5.76 Å². The van der Waals surface area contributed by atoms with Crippen LogP contribution in [0.1, 0.15) is 56.2 Å². The van der Waals surface area contributed by atoms with Crippen molar-refractivity contribution in [2.75, 3.05) is 11.9 Å². The van der Waals surface area contributed by atoms with E-state index in [4.69, 9.17) is 9.84 Å². The summed E-state index contributed by atoms with van der Waals surface area (Å²) in [5.41, 5.74) is 2.46. The Morgan fingerprint density at radius 2 is 2.08 bits per heavy atom. The van der Waals surface area contributed by atoms with Gasteiger partial charge in [0, 0.05) is 0 Å². The molecule has 1 N–H and O–H groups in total. The Morgan fingerprint density at radius 3 is 2.79 bits per heavy atom. The number of aromatic nitrogens is 2. The van der Waals surface area contributed by atoms with E-state index in [1.807, 2.05) is 13.1 Å². The summed E-state index contributed by atoms with van der Waals surface area (Å²) in [7, 11) is 0. The van der Waals surface area contributed by atoms with E-state index >= 15 is 0 Å². The first kappa shape index (κ1) is 15.3. The number of benzene rings is 1. The van der Waals surface area contributed by atoms with Gasteiger partial charge >= 0.3 is 0 Å². The van der Waals surface area contributed by atoms with Crippen LogP contribution in [-0.4, -0.2) is 16.4 Å². The van der Waals surface area contributed by atoms with Gasteiger partial charge in [0.25, 0.3) is 0 Å². The highest BCUT2D eigenvalue weighted by Gasteiger charge is 2.44. The van der Waals surface area contributed by atoms with Gasteiger partial charge in [0.1, 0.15) is 11.6 Å². The Balaban J connectivity index is 1.77. The Morgan fingerprint density at radius 1 is 1.33 bits per heavy atom. The van der Waals surface area contributed by atoms with Gasteiger partial charge in [0.2, 0.25) is 0 Å². The third-order valence-corrected chi connectivity index (χ3v) is 5.47. The fourth-order valence-electron chi connectivity index (χ4n) is 4.32. The Kier molecular flexibility index (Phi) is 3.83. The van der Waals surface area contributed by atoms with Gasteiger partial charge in [-0.25, -0.2) is 4.68 Å². The van der Waals surface area contributed by atoms with E-state index in [1.54, 1.807) is 0 Å². The van der Waals surface area contributed by atoms with Crippen molar-refractivity contribution in [1.29, 1.82) is 0 Å². The molecule has 1 aromatic carbocycles. The summed E-state index contributed by atoms with van der Waals surface area (Å²) in [6, 6.07) is 11.0. The van der Waals surface area contributed by atoms with Crippen LogP contribution >= 0.6 is 0 Å². The molecule has 126 valence electrons. The molecule has 2 heterocycles. The van der Waals surface area contributed by atoms with Crippen LogP contribution in [-0.2, 0) is 10.3 Å². The minimum Gasteiger partial charge on any atom is -0.494 e. The second-order valence-electron chi connectivity index (χ2n) is 6.92. The van der Waals surface area contributed by atoms with Gasteiger partial charge in [0.15, 0.2) is 0 Å². The van der Waals surface area contributed by atoms with Crippen molar-refractivity contribution in [3.05, 3.63) is 54.2 Å².